The van der Waals surface area contributed by atoms with Crippen LogP contribution in [0.1, 0.15) is 5.56 Å². The number of aryl methyl sites for hydroxylation is 1. The van der Waals surface area contributed by atoms with Crippen molar-refractivity contribution in [3.63, 3.8) is 0 Å². The summed E-state index contributed by atoms with van der Waals surface area (Å²) >= 11 is 0. The van der Waals surface area contributed by atoms with Crippen molar-refractivity contribution in [2.45, 2.75) is 18.2 Å². The second-order valence-electron chi connectivity index (χ2n) is 3.20. The van der Waals surface area contributed by atoms with Crippen molar-refractivity contribution < 1.29 is 21.9 Å². The van der Waals surface area contributed by atoms with Crippen molar-refractivity contribution >= 4 is 10.0 Å². The molecule has 4 nitrogen and oxygen atoms in total. The van der Waals surface area contributed by atoms with Gasteiger partial charge >= 0.3 is 0 Å². The summed E-state index contributed by atoms with van der Waals surface area (Å²) in [5.41, 5.74) is 0.647. The minimum Gasteiger partial charge on any atom is -0.486 e. The molecular weight excluding hydrogens is 240 g/mol. The van der Waals surface area contributed by atoms with Crippen LogP contribution >= 0.6 is 0 Å². The van der Waals surface area contributed by atoms with Crippen molar-refractivity contribution in [2.75, 3.05) is 6.61 Å². The highest BCUT2D eigenvalue weighted by atomic mass is 32.2. The Labute approximate surface area is 92.1 Å². The maximum Gasteiger partial charge on any atom is 0.272 e. The van der Waals surface area contributed by atoms with Gasteiger partial charge < -0.3 is 4.74 Å². The highest BCUT2D eigenvalue weighted by Crippen LogP contribution is 2.24. The predicted octanol–water partition coefficient (Wildman–Crippen LogP) is 1.29. The Balaban J connectivity index is 3.09. The van der Waals surface area contributed by atoms with E-state index in [0.717, 1.165) is 0 Å². The van der Waals surface area contributed by atoms with E-state index in [0.29, 0.717) is 5.56 Å². The van der Waals surface area contributed by atoms with E-state index >= 15 is 0 Å². The van der Waals surface area contributed by atoms with Crippen molar-refractivity contribution in [3.8, 4) is 5.75 Å². The summed E-state index contributed by atoms with van der Waals surface area (Å²) in [4.78, 5) is -0.284. The molecule has 1 rings (SSSR count). The zero-order valence-corrected chi connectivity index (χ0v) is 9.30. The standard InChI is InChI=1S/C9H11F2NO3S/c1-6-2-3-7(15-5-9(10)11)8(4-6)16(12,13)14/h2-4,9H,5H2,1H3,(H2,12,13,14). The maximum atomic E-state index is 11.9. The summed E-state index contributed by atoms with van der Waals surface area (Å²) in [5.74, 6) is -0.159. The zero-order chi connectivity index (χ0) is 12.3. The van der Waals surface area contributed by atoms with Gasteiger partial charge in [-0.3, -0.25) is 0 Å². The first-order chi connectivity index (χ1) is 7.30. The Morgan fingerprint density at radius 3 is 2.56 bits per heavy atom. The summed E-state index contributed by atoms with van der Waals surface area (Å²) < 4.78 is 50.8. The van der Waals surface area contributed by atoms with Crippen LogP contribution in [0.2, 0.25) is 0 Å². The molecule has 0 amide bonds. The quantitative estimate of drug-likeness (QED) is 0.876. The highest BCUT2D eigenvalue weighted by Gasteiger charge is 2.16. The smallest absolute Gasteiger partial charge is 0.272 e. The number of benzene rings is 1. The molecule has 0 aliphatic heterocycles. The summed E-state index contributed by atoms with van der Waals surface area (Å²) in [6, 6.07) is 4.13. The van der Waals surface area contributed by atoms with Crippen LogP contribution in [-0.4, -0.2) is 21.5 Å². The van der Waals surface area contributed by atoms with Crippen molar-refractivity contribution in [1.82, 2.24) is 0 Å². The first-order valence-electron chi connectivity index (χ1n) is 4.35. The normalized spacial score (nSPS) is 11.8. The highest BCUT2D eigenvalue weighted by molar-refractivity contribution is 7.89. The van der Waals surface area contributed by atoms with Crippen LogP contribution in [0.5, 0.6) is 5.75 Å². The fourth-order valence-electron chi connectivity index (χ4n) is 1.11. The fraction of sp³-hybridized carbons (Fsp3) is 0.333. The first kappa shape index (κ1) is 12.9. The lowest BCUT2D eigenvalue weighted by Gasteiger charge is -2.10. The third-order valence-corrected chi connectivity index (χ3v) is 2.70. The zero-order valence-electron chi connectivity index (χ0n) is 8.48. The van der Waals surface area contributed by atoms with Gasteiger partial charge in [0, 0.05) is 0 Å². The van der Waals surface area contributed by atoms with Gasteiger partial charge in [-0.25, -0.2) is 22.3 Å². The third kappa shape index (κ3) is 3.42. The van der Waals surface area contributed by atoms with Crippen LogP contribution in [0.25, 0.3) is 0 Å². The Bertz CT molecular complexity index is 474. The van der Waals surface area contributed by atoms with Crippen LogP contribution < -0.4 is 9.88 Å². The Kier molecular flexibility index (Phi) is 3.82. The Morgan fingerprint density at radius 2 is 2.06 bits per heavy atom. The monoisotopic (exact) mass is 251 g/mol. The molecule has 0 atom stereocenters. The number of nitrogens with two attached hydrogens (primary N) is 1. The molecule has 1 aromatic carbocycles. The molecule has 0 saturated heterocycles. The molecule has 7 heteroatoms. The number of halogens is 2. The van der Waals surface area contributed by atoms with Gasteiger partial charge in [0.25, 0.3) is 6.43 Å². The van der Waals surface area contributed by atoms with Crippen molar-refractivity contribution in [1.29, 1.82) is 0 Å². The van der Waals surface area contributed by atoms with E-state index in [2.05, 4.69) is 4.74 Å². The lowest BCUT2D eigenvalue weighted by molar-refractivity contribution is 0.0804. The molecule has 0 radical (unpaired) electrons. The molecule has 0 unspecified atom stereocenters. The number of hydrogen-bond donors (Lipinski definition) is 1. The van der Waals surface area contributed by atoms with Gasteiger partial charge in [0.05, 0.1) is 0 Å². The van der Waals surface area contributed by atoms with Gasteiger partial charge in [-0.1, -0.05) is 6.07 Å². The molecule has 0 saturated carbocycles. The van der Waals surface area contributed by atoms with Crippen LogP contribution in [0.15, 0.2) is 23.1 Å². The van der Waals surface area contributed by atoms with Crippen LogP contribution in [-0.2, 0) is 10.0 Å². The summed E-state index contributed by atoms with van der Waals surface area (Å²) in [7, 11) is -3.97. The average molecular weight is 251 g/mol. The van der Waals surface area contributed by atoms with Gasteiger partial charge in [0.1, 0.15) is 17.3 Å². The van der Waals surface area contributed by atoms with E-state index in [1.54, 1.807) is 13.0 Å². The second-order valence-corrected chi connectivity index (χ2v) is 4.73. The summed E-state index contributed by atoms with van der Waals surface area (Å²) in [6.07, 6.45) is -2.67. The molecule has 0 spiro atoms. The largest absolute Gasteiger partial charge is 0.486 e. The average Bonchev–Trinajstić information content (AvgIpc) is 2.14. The molecule has 0 aromatic heterocycles. The minimum atomic E-state index is -3.97. The van der Waals surface area contributed by atoms with Gasteiger partial charge in [0.15, 0.2) is 0 Å². The summed E-state index contributed by atoms with van der Waals surface area (Å²) in [6.45, 7) is 0.789. The Hall–Kier alpha value is -1.21. The van der Waals surface area contributed by atoms with Gasteiger partial charge in [0.2, 0.25) is 10.0 Å². The molecule has 0 bridgehead atoms. The minimum absolute atomic E-state index is 0.159. The molecular formula is C9H11F2NO3S. The molecule has 16 heavy (non-hydrogen) atoms. The first-order valence-corrected chi connectivity index (χ1v) is 5.89. The fourth-order valence-corrected chi connectivity index (χ4v) is 1.87. The van der Waals surface area contributed by atoms with Gasteiger partial charge in [-0.05, 0) is 24.6 Å². The van der Waals surface area contributed by atoms with Crippen molar-refractivity contribution in [3.05, 3.63) is 23.8 Å². The van der Waals surface area contributed by atoms with E-state index in [4.69, 9.17) is 5.14 Å². The molecule has 2 N–H and O–H groups in total. The van der Waals surface area contributed by atoms with Crippen molar-refractivity contribution in [2.24, 2.45) is 5.14 Å². The van der Waals surface area contributed by atoms with Crippen LogP contribution in [0, 0.1) is 6.92 Å². The Morgan fingerprint density at radius 1 is 1.44 bits per heavy atom. The summed E-state index contributed by atoms with van der Waals surface area (Å²) in [5, 5.41) is 4.94. The maximum absolute atomic E-state index is 11.9. The number of rotatable bonds is 4. The number of ether oxygens (including phenoxy) is 1. The van der Waals surface area contributed by atoms with E-state index in [-0.39, 0.29) is 10.6 Å². The molecule has 0 heterocycles. The third-order valence-electron chi connectivity index (χ3n) is 1.77. The molecule has 0 fully saturated rings. The predicted molar refractivity (Wildman–Crippen MR) is 54.1 cm³/mol. The lowest BCUT2D eigenvalue weighted by atomic mass is 10.2. The van der Waals surface area contributed by atoms with Crippen LogP contribution in [0.4, 0.5) is 8.78 Å². The van der Waals surface area contributed by atoms with E-state index in [1.807, 2.05) is 0 Å². The molecule has 90 valence electrons. The van der Waals surface area contributed by atoms with E-state index < -0.39 is 23.1 Å². The second kappa shape index (κ2) is 4.75. The molecule has 1 aromatic rings. The molecule has 0 aliphatic rings. The van der Waals surface area contributed by atoms with Gasteiger partial charge in [-0.2, -0.15) is 0 Å². The number of hydrogen-bond acceptors (Lipinski definition) is 3. The van der Waals surface area contributed by atoms with E-state index in [9.17, 15) is 17.2 Å². The number of primary sulfonamides is 1. The van der Waals surface area contributed by atoms with E-state index in [1.165, 1.54) is 12.1 Å². The number of sulfonamides is 1. The lowest BCUT2D eigenvalue weighted by Crippen LogP contribution is -2.16. The van der Waals surface area contributed by atoms with Gasteiger partial charge in [-0.15, -0.1) is 0 Å². The van der Waals surface area contributed by atoms with Crippen LogP contribution in [0.3, 0.4) is 0 Å². The SMILES string of the molecule is Cc1ccc(OCC(F)F)c(S(N)(=O)=O)c1. The number of alkyl halides is 2. The molecule has 0 aliphatic carbocycles. The topological polar surface area (TPSA) is 69.4 Å².